The van der Waals surface area contributed by atoms with Gasteiger partial charge in [-0.05, 0) is 13.8 Å². The summed E-state index contributed by atoms with van der Waals surface area (Å²) in [7, 11) is 0. The van der Waals surface area contributed by atoms with Crippen LogP contribution in [0.1, 0.15) is 13.8 Å². The predicted octanol–water partition coefficient (Wildman–Crippen LogP) is 1.13. The molecule has 0 heterocycles. The van der Waals surface area contributed by atoms with Gasteiger partial charge in [-0.15, -0.1) is 0 Å². The van der Waals surface area contributed by atoms with Crippen molar-refractivity contribution in [2.75, 3.05) is 6.61 Å². The maximum absolute atomic E-state index is 11.8. The Morgan fingerprint density at radius 3 is 2.58 bits per heavy atom. The van der Waals surface area contributed by atoms with E-state index in [1.165, 1.54) is 6.92 Å². The summed E-state index contributed by atoms with van der Waals surface area (Å²) in [6.45, 7) is 3.10. The van der Waals surface area contributed by atoms with Crippen LogP contribution in [-0.4, -0.2) is 18.7 Å². The normalized spacial score (nSPS) is 10.8. The maximum atomic E-state index is 11.8. The number of hydrogen-bond donors (Lipinski definition) is 1. The summed E-state index contributed by atoms with van der Waals surface area (Å²) in [6.07, 6.45) is 0.249. The van der Waals surface area contributed by atoms with Crippen LogP contribution in [0.5, 0.6) is 0 Å². The van der Waals surface area contributed by atoms with E-state index in [0.29, 0.717) is 0 Å². The Hall–Kier alpha value is -1.39. The summed E-state index contributed by atoms with van der Waals surface area (Å²) in [6, 6.07) is -1.58. The van der Waals surface area contributed by atoms with Gasteiger partial charge in [0.1, 0.15) is 0 Å². The molecule has 68 valence electrons. The lowest BCUT2D eigenvalue weighted by Crippen LogP contribution is -2.19. The number of halogens is 1. The Morgan fingerprint density at radius 1 is 1.58 bits per heavy atom. The van der Waals surface area contributed by atoms with Crippen LogP contribution >= 0.6 is 0 Å². The van der Waals surface area contributed by atoms with Gasteiger partial charge >= 0.3 is 12.1 Å². The van der Waals surface area contributed by atoms with Crippen LogP contribution < -0.4 is 5.32 Å². The highest BCUT2D eigenvalue weighted by molar-refractivity contribution is 5.87. The summed E-state index contributed by atoms with van der Waals surface area (Å²) in [5.41, 5.74) is -0.178. The second-order valence-corrected chi connectivity index (χ2v) is 1.97. The fourth-order valence-electron chi connectivity index (χ4n) is 0.397. The van der Waals surface area contributed by atoms with Crippen LogP contribution in [0.4, 0.5) is 9.18 Å². The molecule has 12 heavy (non-hydrogen) atoms. The highest BCUT2D eigenvalue weighted by Crippen LogP contribution is 1.92. The van der Waals surface area contributed by atoms with Crippen LogP contribution in [0.15, 0.2) is 11.8 Å². The molecule has 0 rings (SSSR count). The third kappa shape index (κ3) is 4.43. The number of allylic oxidation sites excluding steroid dienone is 1. The smallest absolute Gasteiger partial charge is 0.411 e. The molecule has 0 aromatic carbocycles. The molecule has 0 spiro atoms. The molecule has 0 bridgehead atoms. The van der Waals surface area contributed by atoms with Crippen molar-refractivity contribution in [3.63, 3.8) is 0 Å². The van der Waals surface area contributed by atoms with Crippen molar-refractivity contribution in [2.24, 2.45) is 0 Å². The van der Waals surface area contributed by atoms with Gasteiger partial charge in [0.15, 0.2) is 0 Å². The van der Waals surface area contributed by atoms with Crippen molar-refractivity contribution in [1.29, 1.82) is 0 Å². The first kappa shape index (κ1) is 10.6. The minimum Gasteiger partial charge on any atom is -0.450 e. The number of carbonyl (C=O) groups is 2. The van der Waals surface area contributed by atoms with Crippen LogP contribution in [0, 0.1) is 0 Å². The van der Waals surface area contributed by atoms with Gasteiger partial charge < -0.3 is 4.74 Å². The minimum atomic E-state index is -1.58. The summed E-state index contributed by atoms with van der Waals surface area (Å²) in [5.74, 6) is 0. The Balaban J connectivity index is 3.87. The van der Waals surface area contributed by atoms with Gasteiger partial charge in [-0.1, -0.05) is 0 Å². The van der Waals surface area contributed by atoms with Crippen LogP contribution in [0.3, 0.4) is 0 Å². The van der Waals surface area contributed by atoms with Crippen LogP contribution in [0.25, 0.3) is 0 Å². The quantitative estimate of drug-likeness (QED) is 0.516. The van der Waals surface area contributed by atoms with E-state index in [2.05, 4.69) is 10.1 Å². The third-order valence-corrected chi connectivity index (χ3v) is 0.992. The molecular weight excluding hydrogens is 165 g/mol. The second kappa shape index (κ2) is 5.29. The Kier molecular flexibility index (Phi) is 4.67. The number of rotatable bonds is 3. The first-order chi connectivity index (χ1) is 5.57. The standard InChI is InChI=1S/C7H10FNO3/c1-3-12-7(11)9-4-5(2)6(8)10/h4H,3H2,1-2H3,(H,9,11). The number of carbonyl (C=O) groups excluding carboxylic acids is 2. The van der Waals surface area contributed by atoms with Gasteiger partial charge in [0.05, 0.1) is 6.61 Å². The van der Waals surface area contributed by atoms with Crippen molar-refractivity contribution in [1.82, 2.24) is 5.32 Å². The van der Waals surface area contributed by atoms with Crippen LogP contribution in [-0.2, 0) is 9.53 Å². The van der Waals surface area contributed by atoms with Crippen LogP contribution in [0.2, 0.25) is 0 Å². The van der Waals surface area contributed by atoms with Gasteiger partial charge in [0, 0.05) is 11.8 Å². The van der Waals surface area contributed by atoms with Crippen molar-refractivity contribution in [3.05, 3.63) is 11.8 Å². The summed E-state index contributed by atoms with van der Waals surface area (Å²) in [5, 5.41) is 2.08. The Bertz CT molecular complexity index is 213. The number of amides is 1. The first-order valence-electron chi connectivity index (χ1n) is 3.37. The molecule has 0 fully saturated rings. The average Bonchev–Trinajstić information content (AvgIpc) is 2.00. The molecule has 5 heteroatoms. The zero-order chi connectivity index (χ0) is 9.56. The van der Waals surface area contributed by atoms with E-state index in [9.17, 15) is 14.0 Å². The van der Waals surface area contributed by atoms with E-state index in [4.69, 9.17) is 0 Å². The highest BCUT2D eigenvalue weighted by atomic mass is 19.1. The highest BCUT2D eigenvalue weighted by Gasteiger charge is 2.02. The predicted molar refractivity (Wildman–Crippen MR) is 40.0 cm³/mol. The molecule has 0 saturated heterocycles. The lowest BCUT2D eigenvalue weighted by Gasteiger charge is -1.99. The Labute approximate surface area is 69.4 Å². The molecule has 0 saturated carbocycles. The van der Waals surface area contributed by atoms with Crippen molar-refractivity contribution in [2.45, 2.75) is 13.8 Å². The SMILES string of the molecule is CCOC(=O)NC=C(C)C(=O)F. The molecule has 0 aliphatic carbocycles. The van der Waals surface area contributed by atoms with Crippen molar-refractivity contribution < 1.29 is 18.7 Å². The number of ether oxygens (including phenoxy) is 1. The zero-order valence-corrected chi connectivity index (χ0v) is 6.89. The molecule has 4 nitrogen and oxygen atoms in total. The molecule has 0 aromatic rings. The average molecular weight is 175 g/mol. The van der Waals surface area contributed by atoms with E-state index in [1.807, 2.05) is 0 Å². The van der Waals surface area contributed by atoms with E-state index >= 15 is 0 Å². The fourth-order valence-corrected chi connectivity index (χ4v) is 0.397. The molecule has 1 N–H and O–H groups in total. The molecule has 0 aromatic heterocycles. The van der Waals surface area contributed by atoms with Crippen molar-refractivity contribution in [3.8, 4) is 0 Å². The van der Waals surface area contributed by atoms with Crippen molar-refractivity contribution >= 4 is 12.1 Å². The van der Waals surface area contributed by atoms with Gasteiger partial charge in [0.2, 0.25) is 0 Å². The lowest BCUT2D eigenvalue weighted by molar-refractivity contribution is -0.125. The molecule has 0 atom stereocenters. The van der Waals surface area contributed by atoms with E-state index in [0.717, 1.165) is 6.20 Å². The summed E-state index contributed by atoms with van der Waals surface area (Å²) >= 11 is 0. The summed E-state index contributed by atoms with van der Waals surface area (Å²) in [4.78, 5) is 20.5. The molecule has 1 amide bonds. The lowest BCUT2D eigenvalue weighted by atomic mass is 10.3. The second-order valence-electron chi connectivity index (χ2n) is 1.97. The van der Waals surface area contributed by atoms with Gasteiger partial charge in [-0.2, -0.15) is 4.39 Å². The zero-order valence-electron chi connectivity index (χ0n) is 6.89. The van der Waals surface area contributed by atoms with E-state index < -0.39 is 12.1 Å². The van der Waals surface area contributed by atoms with Gasteiger partial charge in [-0.25, -0.2) is 4.79 Å². The maximum Gasteiger partial charge on any atom is 0.411 e. The topological polar surface area (TPSA) is 55.4 Å². The largest absolute Gasteiger partial charge is 0.450 e. The number of alkyl carbamates (subject to hydrolysis) is 1. The molecule has 0 unspecified atom stereocenters. The molecule has 0 radical (unpaired) electrons. The van der Waals surface area contributed by atoms with Gasteiger partial charge in [0.25, 0.3) is 0 Å². The monoisotopic (exact) mass is 175 g/mol. The molecular formula is C7H10FNO3. The fraction of sp³-hybridized carbons (Fsp3) is 0.429. The first-order valence-corrected chi connectivity index (χ1v) is 3.37. The van der Waals surface area contributed by atoms with E-state index in [-0.39, 0.29) is 12.2 Å². The molecule has 0 aliphatic rings. The summed E-state index contributed by atoms with van der Waals surface area (Å²) < 4.78 is 16.3. The van der Waals surface area contributed by atoms with E-state index in [1.54, 1.807) is 6.92 Å². The minimum absolute atomic E-state index is 0.178. The number of nitrogens with one attached hydrogen (secondary N) is 1. The number of hydrogen-bond acceptors (Lipinski definition) is 3. The van der Waals surface area contributed by atoms with Gasteiger partial charge in [-0.3, -0.25) is 10.1 Å². The molecule has 0 aliphatic heterocycles. The third-order valence-electron chi connectivity index (χ3n) is 0.992. The Morgan fingerprint density at radius 2 is 2.17 bits per heavy atom.